The number of carbonyl (C=O) groups excluding carboxylic acids is 2. The Morgan fingerprint density at radius 2 is 1.53 bits per heavy atom. The van der Waals surface area contributed by atoms with Crippen molar-refractivity contribution in [1.82, 2.24) is 14.8 Å². The second-order valence-corrected chi connectivity index (χ2v) is 11.0. The minimum absolute atomic E-state index is 0.0350. The van der Waals surface area contributed by atoms with Crippen molar-refractivity contribution in [2.45, 2.75) is 57.0 Å². The molecule has 0 unspecified atom stereocenters. The zero-order valence-electron chi connectivity index (χ0n) is 21.6. The van der Waals surface area contributed by atoms with Gasteiger partial charge in [0.25, 0.3) is 11.5 Å². The van der Waals surface area contributed by atoms with Crippen LogP contribution in [0.2, 0.25) is 0 Å². The van der Waals surface area contributed by atoms with Crippen molar-refractivity contribution in [3.8, 4) is 11.1 Å². The highest BCUT2D eigenvalue weighted by Crippen LogP contribution is 2.36. The van der Waals surface area contributed by atoms with E-state index in [4.69, 9.17) is 0 Å². The quantitative estimate of drug-likeness (QED) is 0.504. The molecule has 38 heavy (non-hydrogen) atoms. The highest BCUT2D eigenvalue weighted by Gasteiger charge is 2.37. The van der Waals surface area contributed by atoms with Crippen molar-refractivity contribution in [1.29, 1.82) is 0 Å². The van der Waals surface area contributed by atoms with Gasteiger partial charge in [-0.25, -0.2) is 4.79 Å². The number of urea groups is 1. The summed E-state index contributed by atoms with van der Waals surface area (Å²) in [5, 5.41) is 5.81. The van der Waals surface area contributed by atoms with Gasteiger partial charge < -0.3 is 20.1 Å². The summed E-state index contributed by atoms with van der Waals surface area (Å²) in [6.45, 7) is 1.77. The molecule has 196 valence electrons. The van der Waals surface area contributed by atoms with E-state index in [0.717, 1.165) is 48.9 Å². The Labute approximate surface area is 222 Å². The number of amides is 3. The van der Waals surface area contributed by atoms with Crippen LogP contribution in [0.15, 0.2) is 71.5 Å². The first-order valence-corrected chi connectivity index (χ1v) is 13.8. The SMILES string of the molecule is O=C(Nc1ccc2n(c1=O)C[C@H]1C[C@@H]2CN(C(=O)c2ccc(-c3ccccc3)cc2)C1)NC1CCCCC1. The van der Waals surface area contributed by atoms with E-state index in [9.17, 15) is 14.4 Å². The molecule has 6 rings (SSSR count). The molecular formula is C31H34N4O3. The van der Waals surface area contributed by atoms with Gasteiger partial charge in [0.05, 0.1) is 0 Å². The minimum atomic E-state index is -0.305. The average molecular weight is 511 g/mol. The van der Waals surface area contributed by atoms with E-state index in [1.54, 1.807) is 6.07 Å². The molecule has 2 atom stereocenters. The molecule has 2 N–H and O–H groups in total. The van der Waals surface area contributed by atoms with E-state index in [1.165, 1.54) is 6.42 Å². The van der Waals surface area contributed by atoms with Crippen LogP contribution < -0.4 is 16.2 Å². The van der Waals surface area contributed by atoms with Crippen molar-refractivity contribution in [2.24, 2.45) is 5.92 Å². The van der Waals surface area contributed by atoms with Gasteiger partial charge in [-0.15, -0.1) is 0 Å². The van der Waals surface area contributed by atoms with Crippen LogP contribution in [0.1, 0.15) is 60.5 Å². The average Bonchev–Trinajstić information content (AvgIpc) is 2.95. The predicted molar refractivity (Wildman–Crippen MR) is 148 cm³/mol. The molecule has 7 nitrogen and oxygen atoms in total. The summed E-state index contributed by atoms with van der Waals surface area (Å²) in [6.07, 6.45) is 6.43. The lowest BCUT2D eigenvalue weighted by Gasteiger charge is -2.43. The number of piperidine rings is 1. The molecule has 3 amide bonds. The maximum atomic E-state index is 13.4. The molecule has 3 aliphatic rings. The second kappa shape index (κ2) is 10.5. The number of likely N-dealkylation sites (tertiary alicyclic amines) is 1. The number of nitrogens with one attached hydrogen (secondary N) is 2. The highest BCUT2D eigenvalue weighted by molar-refractivity contribution is 5.95. The van der Waals surface area contributed by atoms with Gasteiger partial charge in [0, 0.05) is 42.9 Å². The molecule has 7 heteroatoms. The van der Waals surface area contributed by atoms with Crippen molar-refractivity contribution in [2.75, 3.05) is 18.4 Å². The third-order valence-corrected chi connectivity index (χ3v) is 8.32. The third kappa shape index (κ3) is 4.97. The minimum Gasteiger partial charge on any atom is -0.338 e. The summed E-state index contributed by atoms with van der Waals surface area (Å²) in [6, 6.07) is 21.5. The van der Waals surface area contributed by atoms with Gasteiger partial charge in [-0.05, 0) is 60.6 Å². The number of aromatic nitrogens is 1. The van der Waals surface area contributed by atoms with Gasteiger partial charge >= 0.3 is 6.03 Å². The molecule has 1 aromatic heterocycles. The molecular weight excluding hydrogens is 476 g/mol. The van der Waals surface area contributed by atoms with Crippen LogP contribution in [0.4, 0.5) is 10.5 Å². The molecule has 1 aliphatic carbocycles. The lowest BCUT2D eigenvalue weighted by atomic mass is 9.83. The zero-order chi connectivity index (χ0) is 26.1. The Bertz CT molecular complexity index is 1380. The maximum Gasteiger partial charge on any atom is 0.319 e. The van der Waals surface area contributed by atoms with Crippen LogP contribution in [0.5, 0.6) is 0 Å². The first-order valence-electron chi connectivity index (χ1n) is 13.8. The summed E-state index contributed by atoms with van der Waals surface area (Å²) in [5.41, 5.74) is 4.00. The third-order valence-electron chi connectivity index (χ3n) is 8.32. The fraction of sp³-hybridized carbons (Fsp3) is 0.387. The van der Waals surface area contributed by atoms with Gasteiger partial charge in [0.1, 0.15) is 5.69 Å². The first-order chi connectivity index (χ1) is 18.5. The molecule has 2 aromatic carbocycles. The maximum absolute atomic E-state index is 13.4. The van der Waals surface area contributed by atoms with Crippen LogP contribution >= 0.6 is 0 Å². The Kier molecular flexibility index (Phi) is 6.75. The molecule has 2 aliphatic heterocycles. The van der Waals surface area contributed by atoms with E-state index < -0.39 is 0 Å². The van der Waals surface area contributed by atoms with E-state index in [2.05, 4.69) is 22.8 Å². The Hall–Kier alpha value is -3.87. The van der Waals surface area contributed by atoms with Crippen LogP contribution in [-0.2, 0) is 6.54 Å². The largest absolute Gasteiger partial charge is 0.338 e. The number of pyridine rings is 1. The monoisotopic (exact) mass is 510 g/mol. The van der Waals surface area contributed by atoms with E-state index >= 15 is 0 Å². The van der Waals surface area contributed by atoms with Crippen molar-refractivity contribution in [3.05, 3.63) is 88.3 Å². The van der Waals surface area contributed by atoms with Gasteiger partial charge in [-0.3, -0.25) is 9.59 Å². The number of nitrogens with zero attached hydrogens (tertiary/aromatic N) is 2. The molecule has 3 aromatic rings. The summed E-state index contributed by atoms with van der Waals surface area (Å²) >= 11 is 0. The predicted octanol–water partition coefficient (Wildman–Crippen LogP) is 5.23. The first kappa shape index (κ1) is 24.5. The van der Waals surface area contributed by atoms with E-state index in [-0.39, 0.29) is 35.4 Å². The van der Waals surface area contributed by atoms with Crippen molar-refractivity contribution >= 4 is 17.6 Å². The highest BCUT2D eigenvalue weighted by atomic mass is 16.2. The van der Waals surface area contributed by atoms with Crippen LogP contribution in [0, 0.1) is 5.92 Å². The zero-order valence-corrected chi connectivity index (χ0v) is 21.6. The Morgan fingerprint density at radius 3 is 2.29 bits per heavy atom. The van der Waals surface area contributed by atoms with Crippen molar-refractivity contribution in [3.63, 3.8) is 0 Å². The van der Waals surface area contributed by atoms with E-state index in [0.29, 0.717) is 30.9 Å². The molecule has 1 saturated carbocycles. The molecule has 3 heterocycles. The number of anilines is 1. The lowest BCUT2D eigenvalue weighted by molar-refractivity contribution is 0.0594. The normalized spacial score (nSPS) is 20.9. The molecule has 0 spiro atoms. The summed E-state index contributed by atoms with van der Waals surface area (Å²) in [5.74, 6) is 0.346. The van der Waals surface area contributed by atoms with Crippen LogP contribution in [-0.4, -0.2) is 40.5 Å². The van der Waals surface area contributed by atoms with Gasteiger partial charge in [0.2, 0.25) is 0 Å². The molecule has 1 saturated heterocycles. The smallest absolute Gasteiger partial charge is 0.319 e. The standard InChI is InChI=1S/C31H34N4O3/c36-29(24-13-11-23(12-14-24)22-7-3-1-4-8-22)34-18-21-17-25(20-34)28-16-15-27(30(37)35(28)19-21)33-31(38)32-26-9-5-2-6-10-26/h1,3-4,7-8,11-16,21,25-26H,2,5-6,9-10,17-20H2,(H2,32,33,38)/t21-,25+/m0/s1. The van der Waals surface area contributed by atoms with E-state index in [1.807, 2.05) is 58.0 Å². The molecule has 0 radical (unpaired) electrons. The molecule has 2 bridgehead atoms. The number of hydrogen-bond donors (Lipinski definition) is 2. The number of carbonyl (C=O) groups is 2. The summed E-state index contributed by atoms with van der Waals surface area (Å²) in [4.78, 5) is 41.2. The lowest BCUT2D eigenvalue weighted by Crippen LogP contribution is -2.49. The topological polar surface area (TPSA) is 83.4 Å². The van der Waals surface area contributed by atoms with Gasteiger partial charge in [-0.2, -0.15) is 0 Å². The van der Waals surface area contributed by atoms with Gasteiger partial charge in [-0.1, -0.05) is 61.7 Å². The number of benzene rings is 2. The Morgan fingerprint density at radius 1 is 0.789 bits per heavy atom. The fourth-order valence-corrected chi connectivity index (χ4v) is 6.42. The number of rotatable bonds is 4. The summed E-state index contributed by atoms with van der Waals surface area (Å²) in [7, 11) is 0. The summed E-state index contributed by atoms with van der Waals surface area (Å²) < 4.78 is 1.81. The number of fused-ring (bicyclic) bond motifs is 4. The second-order valence-electron chi connectivity index (χ2n) is 11.0. The van der Waals surface area contributed by atoms with Gasteiger partial charge in [0.15, 0.2) is 0 Å². The van der Waals surface area contributed by atoms with Crippen molar-refractivity contribution < 1.29 is 9.59 Å². The fourth-order valence-electron chi connectivity index (χ4n) is 6.42. The Balaban J connectivity index is 1.14. The van der Waals surface area contributed by atoms with Crippen LogP contribution in [0.3, 0.4) is 0 Å². The van der Waals surface area contributed by atoms with Crippen LogP contribution in [0.25, 0.3) is 11.1 Å². The molecule has 2 fully saturated rings. The number of hydrogen-bond acceptors (Lipinski definition) is 3.